The lowest BCUT2D eigenvalue weighted by molar-refractivity contribution is -0.116. The van der Waals surface area contributed by atoms with E-state index in [1.54, 1.807) is 16.8 Å². The molecule has 0 aliphatic carbocycles. The summed E-state index contributed by atoms with van der Waals surface area (Å²) in [6, 6.07) is 23.0. The Morgan fingerprint density at radius 3 is 2.53 bits per heavy atom. The van der Waals surface area contributed by atoms with Crippen LogP contribution in [0.3, 0.4) is 0 Å². The van der Waals surface area contributed by atoms with Crippen molar-refractivity contribution < 1.29 is 13.9 Å². The number of nitrogens with one attached hydrogen (secondary N) is 2. The number of para-hydroxylation sites is 1. The van der Waals surface area contributed by atoms with E-state index in [1.165, 1.54) is 23.9 Å². The summed E-state index contributed by atoms with van der Waals surface area (Å²) in [4.78, 5) is 13.3. The van der Waals surface area contributed by atoms with Crippen molar-refractivity contribution in [2.75, 3.05) is 17.3 Å². The van der Waals surface area contributed by atoms with E-state index in [-0.39, 0.29) is 11.6 Å². The van der Waals surface area contributed by atoms with Crippen LogP contribution in [-0.2, 0) is 4.79 Å². The summed E-state index contributed by atoms with van der Waals surface area (Å²) >= 11 is 1.28. The summed E-state index contributed by atoms with van der Waals surface area (Å²) in [7, 11) is 0. The van der Waals surface area contributed by atoms with Gasteiger partial charge in [-0.2, -0.15) is 0 Å². The van der Waals surface area contributed by atoms with E-state index >= 15 is 0 Å². The molecular weight excluding hydrogens is 453 g/mol. The molecule has 1 aliphatic heterocycles. The highest BCUT2D eigenvalue weighted by Gasteiger charge is 2.38. The Hall–Kier alpha value is -3.85. The van der Waals surface area contributed by atoms with Crippen LogP contribution in [0.15, 0.2) is 84.0 Å². The van der Waals surface area contributed by atoms with Crippen molar-refractivity contribution in [1.82, 2.24) is 14.9 Å². The highest BCUT2D eigenvalue weighted by atomic mass is 32.2. The fourth-order valence-electron chi connectivity index (χ4n) is 3.78. The van der Waals surface area contributed by atoms with Crippen LogP contribution < -0.4 is 15.5 Å². The van der Waals surface area contributed by atoms with Crippen molar-refractivity contribution in [3.8, 4) is 17.1 Å². The van der Waals surface area contributed by atoms with E-state index in [9.17, 15) is 9.18 Å². The monoisotopic (exact) mass is 475 g/mol. The Kier molecular flexibility index (Phi) is 6.18. The van der Waals surface area contributed by atoms with Gasteiger partial charge in [0.25, 0.3) is 0 Å². The number of fused-ring (bicyclic) bond motifs is 1. The Morgan fingerprint density at radius 1 is 1.06 bits per heavy atom. The highest BCUT2D eigenvalue weighted by Crippen LogP contribution is 2.39. The molecule has 0 spiro atoms. The summed E-state index contributed by atoms with van der Waals surface area (Å²) in [5.41, 5.74) is 5.33. The first-order valence-electron chi connectivity index (χ1n) is 10.9. The molecule has 0 fully saturated rings. The molecule has 7 nitrogen and oxygen atoms in total. The van der Waals surface area contributed by atoms with E-state index in [2.05, 4.69) is 20.9 Å². The number of hydrogen-bond donors (Lipinski definition) is 2. The number of anilines is 1. The van der Waals surface area contributed by atoms with Gasteiger partial charge in [0.1, 0.15) is 16.8 Å². The van der Waals surface area contributed by atoms with Crippen molar-refractivity contribution in [3.63, 3.8) is 0 Å². The van der Waals surface area contributed by atoms with E-state index in [1.807, 2.05) is 61.5 Å². The molecule has 5 rings (SSSR count). The largest absolute Gasteiger partial charge is 0.494 e. The number of amides is 1. The highest BCUT2D eigenvalue weighted by molar-refractivity contribution is 8.00. The van der Waals surface area contributed by atoms with Gasteiger partial charge in [0.15, 0.2) is 5.82 Å². The standard InChI is InChI=1S/C25H22FN5O2S/c1-2-33-18-14-12-16(13-15-18)21-22(24(32)27-20-11-7-6-10-19(20)26)34-25-29-28-23(31(25)30-21)17-8-4-3-5-9-17/h3-15,21-22,30H,2H2,1H3,(H,27,32)/t21-,22-/m0/s1. The van der Waals surface area contributed by atoms with E-state index < -0.39 is 17.1 Å². The smallest absolute Gasteiger partial charge is 0.240 e. The molecule has 3 aromatic carbocycles. The van der Waals surface area contributed by atoms with Gasteiger partial charge in [0.2, 0.25) is 11.1 Å². The molecule has 9 heteroatoms. The van der Waals surface area contributed by atoms with Crippen LogP contribution in [-0.4, -0.2) is 32.6 Å². The molecule has 2 heterocycles. The minimum Gasteiger partial charge on any atom is -0.494 e. The van der Waals surface area contributed by atoms with Gasteiger partial charge in [0, 0.05) is 5.56 Å². The van der Waals surface area contributed by atoms with Gasteiger partial charge in [0.05, 0.1) is 18.3 Å². The first-order valence-corrected chi connectivity index (χ1v) is 11.7. The number of ether oxygens (including phenoxy) is 1. The average Bonchev–Trinajstić information content (AvgIpc) is 3.29. The number of halogens is 1. The Labute approximate surface area is 200 Å². The molecule has 0 saturated heterocycles. The van der Waals surface area contributed by atoms with E-state index in [0.29, 0.717) is 17.6 Å². The maximum absolute atomic E-state index is 14.2. The van der Waals surface area contributed by atoms with Gasteiger partial charge in [-0.15, -0.1) is 10.2 Å². The molecule has 0 bridgehead atoms. The second-order valence-electron chi connectivity index (χ2n) is 7.62. The van der Waals surface area contributed by atoms with Crippen molar-refractivity contribution in [2.45, 2.75) is 23.4 Å². The van der Waals surface area contributed by atoms with Crippen LogP contribution in [0.2, 0.25) is 0 Å². The molecule has 2 atom stereocenters. The number of aromatic nitrogens is 3. The summed E-state index contributed by atoms with van der Waals surface area (Å²) in [6.07, 6.45) is 0. The summed E-state index contributed by atoms with van der Waals surface area (Å²) in [5.74, 6) is 0.567. The Bertz CT molecular complexity index is 1300. The number of nitrogens with zero attached hydrogens (tertiary/aromatic N) is 3. The number of carbonyl (C=O) groups is 1. The van der Waals surface area contributed by atoms with Crippen molar-refractivity contribution in [3.05, 3.63) is 90.2 Å². The van der Waals surface area contributed by atoms with Gasteiger partial charge in [-0.1, -0.05) is 66.4 Å². The van der Waals surface area contributed by atoms with Crippen molar-refractivity contribution >= 4 is 23.4 Å². The van der Waals surface area contributed by atoms with Crippen LogP contribution in [0.1, 0.15) is 18.5 Å². The molecular formula is C25H22FN5O2S. The molecule has 1 amide bonds. The molecule has 0 saturated carbocycles. The quantitative estimate of drug-likeness (QED) is 0.414. The third kappa shape index (κ3) is 4.34. The molecule has 34 heavy (non-hydrogen) atoms. The topological polar surface area (TPSA) is 81.1 Å². The van der Waals surface area contributed by atoms with Crippen LogP contribution >= 0.6 is 11.8 Å². The molecule has 0 radical (unpaired) electrons. The van der Waals surface area contributed by atoms with Crippen molar-refractivity contribution in [1.29, 1.82) is 0 Å². The number of benzene rings is 3. The van der Waals surface area contributed by atoms with E-state index in [0.717, 1.165) is 16.9 Å². The lowest BCUT2D eigenvalue weighted by atomic mass is 10.0. The van der Waals surface area contributed by atoms with Crippen LogP contribution in [0.4, 0.5) is 10.1 Å². The summed E-state index contributed by atoms with van der Waals surface area (Å²) in [6.45, 7) is 2.49. The number of carbonyl (C=O) groups excluding carboxylic acids is 1. The molecule has 0 unspecified atom stereocenters. The maximum atomic E-state index is 14.2. The minimum atomic E-state index is -0.627. The van der Waals surface area contributed by atoms with Crippen molar-refractivity contribution in [2.24, 2.45) is 0 Å². The fraction of sp³-hybridized carbons (Fsp3) is 0.160. The third-order valence-electron chi connectivity index (χ3n) is 5.41. The lowest BCUT2D eigenvalue weighted by Crippen LogP contribution is -2.41. The predicted molar refractivity (Wildman–Crippen MR) is 130 cm³/mol. The maximum Gasteiger partial charge on any atom is 0.240 e. The van der Waals surface area contributed by atoms with Gasteiger partial charge in [-0.25, -0.2) is 9.07 Å². The Morgan fingerprint density at radius 2 is 1.79 bits per heavy atom. The van der Waals surface area contributed by atoms with Crippen LogP contribution in [0.25, 0.3) is 11.4 Å². The predicted octanol–water partition coefficient (Wildman–Crippen LogP) is 4.88. The first kappa shape index (κ1) is 22.0. The number of rotatable bonds is 6. The fourth-order valence-corrected chi connectivity index (χ4v) is 4.86. The third-order valence-corrected chi connectivity index (χ3v) is 6.62. The first-order chi connectivity index (χ1) is 16.6. The zero-order valence-corrected chi connectivity index (χ0v) is 19.1. The number of thioether (sulfide) groups is 1. The lowest BCUT2D eigenvalue weighted by Gasteiger charge is -2.33. The van der Waals surface area contributed by atoms with E-state index in [4.69, 9.17) is 4.74 Å². The van der Waals surface area contributed by atoms with Crippen LogP contribution in [0.5, 0.6) is 5.75 Å². The van der Waals surface area contributed by atoms with Gasteiger partial charge < -0.3 is 15.5 Å². The molecule has 4 aromatic rings. The van der Waals surface area contributed by atoms with Gasteiger partial charge in [-0.3, -0.25) is 4.79 Å². The molecule has 172 valence electrons. The molecule has 1 aromatic heterocycles. The zero-order valence-electron chi connectivity index (χ0n) is 18.3. The Balaban J connectivity index is 1.51. The van der Waals surface area contributed by atoms with Gasteiger partial charge >= 0.3 is 0 Å². The summed E-state index contributed by atoms with van der Waals surface area (Å²) < 4.78 is 21.6. The second-order valence-corrected chi connectivity index (χ2v) is 8.73. The summed E-state index contributed by atoms with van der Waals surface area (Å²) in [5, 5.41) is 11.3. The second kappa shape index (κ2) is 9.56. The van der Waals surface area contributed by atoms with Gasteiger partial charge in [-0.05, 0) is 36.8 Å². The number of hydrogen-bond acceptors (Lipinski definition) is 6. The molecule has 2 N–H and O–H groups in total. The average molecular weight is 476 g/mol. The van der Waals surface area contributed by atoms with Crippen LogP contribution in [0, 0.1) is 5.82 Å². The normalized spacial score (nSPS) is 16.9. The molecule has 1 aliphatic rings. The SMILES string of the molecule is CCOc1ccc([C@@H]2Nn3c(nnc3-c3ccccc3)S[C@@H]2C(=O)Nc2ccccc2F)cc1. The zero-order chi connectivity index (χ0) is 23.5. The minimum absolute atomic E-state index is 0.135.